The molecule has 0 radical (unpaired) electrons. The van der Waals surface area contributed by atoms with Gasteiger partial charge in [0.1, 0.15) is 0 Å². The van der Waals surface area contributed by atoms with Crippen molar-refractivity contribution in [2.45, 2.75) is 52.9 Å². The molecule has 0 amide bonds. The second-order valence-electron chi connectivity index (χ2n) is 4.66. The van der Waals surface area contributed by atoms with E-state index in [4.69, 9.17) is 0 Å². The molecule has 0 heterocycles. The van der Waals surface area contributed by atoms with Crippen LogP contribution in [0.25, 0.3) is 0 Å². The van der Waals surface area contributed by atoms with E-state index in [2.05, 4.69) is 32.9 Å². The predicted molar refractivity (Wildman–Crippen MR) is 59.7 cm³/mol. The molecule has 0 N–H and O–H groups in total. The highest BCUT2D eigenvalue weighted by molar-refractivity contribution is 4.97. The topological polar surface area (TPSA) is 0 Å². The summed E-state index contributed by atoms with van der Waals surface area (Å²) in [5.41, 5.74) is 0. The van der Waals surface area contributed by atoms with Crippen molar-refractivity contribution in [1.82, 2.24) is 0 Å². The van der Waals surface area contributed by atoms with Gasteiger partial charge < -0.3 is 0 Å². The van der Waals surface area contributed by atoms with Crippen molar-refractivity contribution in [3.63, 3.8) is 0 Å². The maximum atomic E-state index is 2.41. The summed E-state index contributed by atoms with van der Waals surface area (Å²) in [6.07, 6.45) is 11.7. The molecule has 0 aromatic heterocycles. The van der Waals surface area contributed by atoms with Gasteiger partial charge in [-0.05, 0) is 30.6 Å². The third kappa shape index (κ3) is 3.17. The van der Waals surface area contributed by atoms with Crippen LogP contribution in [0.5, 0.6) is 0 Å². The van der Waals surface area contributed by atoms with E-state index in [9.17, 15) is 0 Å². The molecule has 0 aromatic rings. The molecule has 1 aliphatic rings. The van der Waals surface area contributed by atoms with Gasteiger partial charge in [-0.2, -0.15) is 0 Å². The summed E-state index contributed by atoms with van der Waals surface area (Å²) < 4.78 is 0. The van der Waals surface area contributed by atoms with Crippen LogP contribution in [0.3, 0.4) is 0 Å². The van der Waals surface area contributed by atoms with Crippen LogP contribution < -0.4 is 0 Å². The highest BCUT2D eigenvalue weighted by atomic mass is 14.3. The normalized spacial score (nSPS) is 33.6. The van der Waals surface area contributed by atoms with Crippen LogP contribution in [-0.4, -0.2) is 0 Å². The van der Waals surface area contributed by atoms with Crippen molar-refractivity contribution >= 4 is 0 Å². The Hall–Kier alpha value is -0.260. The second kappa shape index (κ2) is 5.47. The van der Waals surface area contributed by atoms with Crippen molar-refractivity contribution < 1.29 is 0 Å². The monoisotopic (exact) mass is 180 g/mol. The third-order valence-electron chi connectivity index (χ3n) is 3.49. The Balaban J connectivity index is 2.33. The molecule has 1 aliphatic carbocycles. The van der Waals surface area contributed by atoms with E-state index in [0.717, 1.165) is 17.8 Å². The van der Waals surface area contributed by atoms with E-state index < -0.39 is 0 Å². The zero-order valence-electron chi connectivity index (χ0n) is 9.42. The van der Waals surface area contributed by atoms with E-state index >= 15 is 0 Å². The summed E-state index contributed by atoms with van der Waals surface area (Å²) in [6, 6.07) is 0. The van der Waals surface area contributed by atoms with E-state index in [1.54, 1.807) is 0 Å². The molecule has 0 heteroatoms. The maximum Gasteiger partial charge on any atom is -0.0231 e. The average molecular weight is 180 g/mol. The van der Waals surface area contributed by atoms with Crippen LogP contribution >= 0.6 is 0 Å². The molecule has 0 spiro atoms. The lowest BCUT2D eigenvalue weighted by Crippen LogP contribution is -2.21. The van der Waals surface area contributed by atoms with Gasteiger partial charge in [0.25, 0.3) is 0 Å². The van der Waals surface area contributed by atoms with E-state index in [1.165, 1.54) is 32.1 Å². The van der Waals surface area contributed by atoms with E-state index in [1.807, 2.05) is 0 Å². The minimum atomic E-state index is 0.820. The molecule has 3 unspecified atom stereocenters. The quantitative estimate of drug-likeness (QED) is 0.444. The summed E-state index contributed by atoms with van der Waals surface area (Å²) in [5, 5.41) is 0. The van der Waals surface area contributed by atoms with Crippen LogP contribution in [0.15, 0.2) is 12.2 Å². The molecular weight excluding hydrogens is 156 g/mol. The number of allylic oxidation sites excluding steroid dienone is 2. The van der Waals surface area contributed by atoms with Crippen LogP contribution in [0.2, 0.25) is 0 Å². The SMILES string of the molecule is CCCCCC1C(C)C=CCC1C. The Morgan fingerprint density at radius 1 is 1.23 bits per heavy atom. The standard InChI is InChI=1S/C13H24/c1-4-5-6-10-13-11(2)8-7-9-12(13)3/h7-8,11-13H,4-6,9-10H2,1-3H3. The Morgan fingerprint density at radius 3 is 2.62 bits per heavy atom. The zero-order chi connectivity index (χ0) is 9.68. The van der Waals surface area contributed by atoms with Gasteiger partial charge in [-0.15, -0.1) is 0 Å². The van der Waals surface area contributed by atoms with Crippen LogP contribution in [0.1, 0.15) is 52.9 Å². The first-order chi connectivity index (χ1) is 6.25. The molecule has 13 heavy (non-hydrogen) atoms. The summed E-state index contributed by atoms with van der Waals surface area (Å²) in [6.45, 7) is 7.08. The summed E-state index contributed by atoms with van der Waals surface area (Å²) in [4.78, 5) is 0. The van der Waals surface area contributed by atoms with Crippen LogP contribution in [0.4, 0.5) is 0 Å². The lowest BCUT2D eigenvalue weighted by atomic mass is 9.75. The Morgan fingerprint density at radius 2 is 2.00 bits per heavy atom. The van der Waals surface area contributed by atoms with Gasteiger partial charge in [-0.25, -0.2) is 0 Å². The van der Waals surface area contributed by atoms with Gasteiger partial charge in [-0.3, -0.25) is 0 Å². The van der Waals surface area contributed by atoms with Crippen molar-refractivity contribution in [2.75, 3.05) is 0 Å². The number of unbranched alkanes of at least 4 members (excludes halogenated alkanes) is 2. The molecule has 0 fully saturated rings. The average Bonchev–Trinajstić information content (AvgIpc) is 2.10. The first kappa shape index (κ1) is 10.8. The van der Waals surface area contributed by atoms with Crippen molar-refractivity contribution in [3.05, 3.63) is 12.2 Å². The highest BCUT2D eigenvalue weighted by Gasteiger charge is 2.23. The molecule has 3 atom stereocenters. The van der Waals surface area contributed by atoms with Crippen molar-refractivity contribution in [3.8, 4) is 0 Å². The molecule has 0 aliphatic heterocycles. The number of rotatable bonds is 4. The van der Waals surface area contributed by atoms with Crippen LogP contribution in [0, 0.1) is 17.8 Å². The van der Waals surface area contributed by atoms with Gasteiger partial charge >= 0.3 is 0 Å². The Labute approximate surface area is 83.4 Å². The predicted octanol–water partition coefficient (Wildman–Crippen LogP) is 4.42. The fourth-order valence-electron chi connectivity index (χ4n) is 2.52. The largest absolute Gasteiger partial charge is 0.0880 e. The number of hydrogen-bond donors (Lipinski definition) is 0. The van der Waals surface area contributed by atoms with Gasteiger partial charge in [-0.1, -0.05) is 52.2 Å². The first-order valence-electron chi connectivity index (χ1n) is 5.92. The molecular formula is C13H24. The van der Waals surface area contributed by atoms with Gasteiger partial charge in [0, 0.05) is 0 Å². The number of hydrogen-bond acceptors (Lipinski definition) is 0. The maximum absolute atomic E-state index is 2.41. The Bertz CT molecular complexity index is 157. The lowest BCUT2D eigenvalue weighted by Gasteiger charge is -2.30. The highest BCUT2D eigenvalue weighted by Crippen LogP contribution is 2.33. The van der Waals surface area contributed by atoms with Crippen LogP contribution in [-0.2, 0) is 0 Å². The van der Waals surface area contributed by atoms with Gasteiger partial charge in [0.2, 0.25) is 0 Å². The minimum absolute atomic E-state index is 0.820. The van der Waals surface area contributed by atoms with Crippen molar-refractivity contribution in [2.24, 2.45) is 17.8 Å². The third-order valence-corrected chi connectivity index (χ3v) is 3.49. The van der Waals surface area contributed by atoms with Gasteiger partial charge in [0.05, 0.1) is 0 Å². The van der Waals surface area contributed by atoms with E-state index in [0.29, 0.717) is 0 Å². The minimum Gasteiger partial charge on any atom is -0.0880 e. The smallest absolute Gasteiger partial charge is 0.0231 e. The van der Waals surface area contributed by atoms with Crippen molar-refractivity contribution in [1.29, 1.82) is 0 Å². The summed E-state index contributed by atoms with van der Waals surface area (Å²) in [5.74, 6) is 2.69. The summed E-state index contributed by atoms with van der Waals surface area (Å²) in [7, 11) is 0. The fourth-order valence-corrected chi connectivity index (χ4v) is 2.52. The fraction of sp³-hybridized carbons (Fsp3) is 0.846. The second-order valence-corrected chi connectivity index (χ2v) is 4.66. The molecule has 76 valence electrons. The van der Waals surface area contributed by atoms with Gasteiger partial charge in [0.15, 0.2) is 0 Å². The molecule has 1 rings (SSSR count). The molecule has 0 saturated heterocycles. The van der Waals surface area contributed by atoms with E-state index in [-0.39, 0.29) is 0 Å². The Kier molecular flexibility index (Phi) is 4.55. The molecule has 0 nitrogen and oxygen atoms in total. The molecule has 0 saturated carbocycles. The zero-order valence-corrected chi connectivity index (χ0v) is 9.42. The first-order valence-corrected chi connectivity index (χ1v) is 5.92. The molecule has 0 aromatic carbocycles. The lowest BCUT2D eigenvalue weighted by molar-refractivity contribution is 0.254. The summed E-state index contributed by atoms with van der Waals surface area (Å²) >= 11 is 0. The molecule has 0 bridgehead atoms.